The molecular weight excluding hydrogens is 280 g/mol. The number of ether oxygens (including phenoxy) is 1. The normalized spacial score (nSPS) is 26.6. The van der Waals surface area contributed by atoms with Crippen molar-refractivity contribution in [1.29, 1.82) is 0 Å². The SMILES string of the molecule is COc1cccc(CC2(CCl)CCC(C(C)(C)C)CC2)c1. The summed E-state index contributed by atoms with van der Waals surface area (Å²) in [5, 5.41) is 0. The van der Waals surface area contributed by atoms with E-state index in [1.54, 1.807) is 7.11 Å². The van der Waals surface area contributed by atoms with Gasteiger partial charge in [0, 0.05) is 5.88 Å². The molecule has 1 fully saturated rings. The van der Waals surface area contributed by atoms with Crippen molar-refractivity contribution in [2.45, 2.75) is 52.9 Å². The number of benzene rings is 1. The quantitative estimate of drug-likeness (QED) is 0.648. The molecule has 0 spiro atoms. The molecule has 1 aliphatic carbocycles. The molecule has 0 radical (unpaired) electrons. The molecule has 118 valence electrons. The van der Waals surface area contributed by atoms with Crippen molar-refractivity contribution in [2.75, 3.05) is 13.0 Å². The standard InChI is InChI=1S/C19H29ClO/c1-18(2,3)16-8-10-19(14-20,11-9-16)13-15-6-5-7-17(12-15)21-4/h5-7,12,16H,8-11,13-14H2,1-4H3. The van der Waals surface area contributed by atoms with Gasteiger partial charge >= 0.3 is 0 Å². The number of alkyl halides is 1. The van der Waals surface area contributed by atoms with Gasteiger partial charge in [0.1, 0.15) is 5.75 Å². The number of hydrogen-bond donors (Lipinski definition) is 0. The minimum atomic E-state index is 0.273. The van der Waals surface area contributed by atoms with Crippen molar-refractivity contribution < 1.29 is 4.74 Å². The van der Waals surface area contributed by atoms with Gasteiger partial charge in [0.15, 0.2) is 0 Å². The van der Waals surface area contributed by atoms with E-state index in [4.69, 9.17) is 16.3 Å². The van der Waals surface area contributed by atoms with Crippen LogP contribution in [0.3, 0.4) is 0 Å². The van der Waals surface area contributed by atoms with Gasteiger partial charge in [-0.3, -0.25) is 0 Å². The Bertz CT molecular complexity index is 453. The van der Waals surface area contributed by atoms with Gasteiger partial charge in [-0.05, 0) is 66.5 Å². The molecule has 0 unspecified atom stereocenters. The first kappa shape index (κ1) is 16.7. The lowest BCUT2D eigenvalue weighted by atomic mass is 9.63. The van der Waals surface area contributed by atoms with Crippen LogP contribution in [0, 0.1) is 16.7 Å². The minimum Gasteiger partial charge on any atom is -0.497 e. The molecule has 21 heavy (non-hydrogen) atoms. The summed E-state index contributed by atoms with van der Waals surface area (Å²) in [7, 11) is 1.73. The van der Waals surface area contributed by atoms with Crippen molar-refractivity contribution >= 4 is 11.6 Å². The molecule has 0 aromatic heterocycles. The summed E-state index contributed by atoms with van der Waals surface area (Å²) in [6, 6.07) is 8.45. The van der Waals surface area contributed by atoms with E-state index in [-0.39, 0.29) is 5.41 Å². The van der Waals surface area contributed by atoms with Crippen LogP contribution in [0.2, 0.25) is 0 Å². The number of halogens is 1. The Kier molecular flexibility index (Phi) is 5.24. The highest BCUT2D eigenvalue weighted by Crippen LogP contribution is 2.47. The van der Waals surface area contributed by atoms with Crippen LogP contribution in [0.4, 0.5) is 0 Å². The fourth-order valence-electron chi connectivity index (χ4n) is 3.67. The second kappa shape index (κ2) is 6.60. The smallest absolute Gasteiger partial charge is 0.119 e. The molecule has 0 atom stereocenters. The predicted molar refractivity (Wildman–Crippen MR) is 91.3 cm³/mol. The van der Waals surface area contributed by atoms with Gasteiger partial charge in [-0.25, -0.2) is 0 Å². The molecule has 1 nitrogen and oxygen atoms in total. The lowest BCUT2D eigenvalue weighted by Crippen LogP contribution is -2.35. The third kappa shape index (κ3) is 4.16. The monoisotopic (exact) mass is 308 g/mol. The van der Waals surface area contributed by atoms with Gasteiger partial charge in [-0.1, -0.05) is 32.9 Å². The van der Waals surface area contributed by atoms with E-state index in [1.165, 1.54) is 31.2 Å². The first-order valence-electron chi connectivity index (χ1n) is 8.07. The van der Waals surface area contributed by atoms with Crippen LogP contribution in [0.25, 0.3) is 0 Å². The van der Waals surface area contributed by atoms with Crippen LogP contribution in [-0.2, 0) is 6.42 Å². The first-order chi connectivity index (χ1) is 9.88. The lowest BCUT2D eigenvalue weighted by Gasteiger charge is -2.43. The van der Waals surface area contributed by atoms with Crippen molar-refractivity contribution in [3.63, 3.8) is 0 Å². The van der Waals surface area contributed by atoms with Crippen molar-refractivity contribution in [3.8, 4) is 5.75 Å². The second-order valence-corrected chi connectivity index (χ2v) is 8.07. The molecule has 0 heterocycles. The summed E-state index contributed by atoms with van der Waals surface area (Å²) >= 11 is 6.39. The second-order valence-electron chi connectivity index (χ2n) is 7.80. The largest absolute Gasteiger partial charge is 0.497 e. The molecule has 0 aliphatic heterocycles. The fraction of sp³-hybridized carbons (Fsp3) is 0.684. The maximum absolute atomic E-state index is 6.39. The average molecular weight is 309 g/mol. The summed E-state index contributed by atoms with van der Waals surface area (Å²) in [5.41, 5.74) is 2.05. The average Bonchev–Trinajstić information content (AvgIpc) is 2.47. The maximum Gasteiger partial charge on any atom is 0.119 e. The van der Waals surface area contributed by atoms with E-state index >= 15 is 0 Å². The highest BCUT2D eigenvalue weighted by molar-refractivity contribution is 6.18. The minimum absolute atomic E-state index is 0.273. The van der Waals surface area contributed by atoms with Crippen molar-refractivity contribution in [1.82, 2.24) is 0 Å². The van der Waals surface area contributed by atoms with Crippen LogP contribution in [-0.4, -0.2) is 13.0 Å². The third-order valence-electron chi connectivity index (χ3n) is 5.27. The lowest BCUT2D eigenvalue weighted by molar-refractivity contribution is 0.102. The summed E-state index contributed by atoms with van der Waals surface area (Å²) in [4.78, 5) is 0. The van der Waals surface area contributed by atoms with Crippen LogP contribution >= 0.6 is 11.6 Å². The van der Waals surface area contributed by atoms with E-state index < -0.39 is 0 Å². The molecule has 0 N–H and O–H groups in total. The zero-order valence-corrected chi connectivity index (χ0v) is 14.7. The molecule has 2 rings (SSSR count). The maximum atomic E-state index is 6.39. The Morgan fingerprint density at radius 3 is 2.43 bits per heavy atom. The van der Waals surface area contributed by atoms with E-state index in [1.807, 2.05) is 6.07 Å². The first-order valence-corrected chi connectivity index (χ1v) is 8.61. The highest BCUT2D eigenvalue weighted by atomic mass is 35.5. The van der Waals surface area contributed by atoms with Crippen LogP contribution in [0.1, 0.15) is 52.0 Å². The van der Waals surface area contributed by atoms with E-state index in [9.17, 15) is 0 Å². The summed E-state index contributed by atoms with van der Waals surface area (Å²) < 4.78 is 5.34. The Morgan fingerprint density at radius 1 is 1.24 bits per heavy atom. The Morgan fingerprint density at radius 2 is 1.90 bits per heavy atom. The fourth-order valence-corrected chi connectivity index (χ4v) is 4.03. The number of rotatable bonds is 4. The van der Waals surface area contributed by atoms with Crippen LogP contribution < -0.4 is 4.74 Å². The molecule has 1 aromatic rings. The summed E-state index contributed by atoms with van der Waals surface area (Å²) in [5.74, 6) is 2.54. The van der Waals surface area contributed by atoms with Gasteiger partial charge in [0.25, 0.3) is 0 Å². The molecular formula is C19H29ClO. The summed E-state index contributed by atoms with van der Waals surface area (Å²) in [6.45, 7) is 7.11. The van der Waals surface area contributed by atoms with Gasteiger partial charge in [-0.15, -0.1) is 11.6 Å². The predicted octanol–water partition coefficient (Wildman–Crippen LogP) is 5.70. The molecule has 1 aromatic carbocycles. The summed E-state index contributed by atoms with van der Waals surface area (Å²) in [6.07, 6.45) is 6.18. The number of methoxy groups -OCH3 is 1. The van der Waals surface area contributed by atoms with E-state index in [0.29, 0.717) is 5.41 Å². The van der Waals surface area contributed by atoms with Crippen LogP contribution in [0.15, 0.2) is 24.3 Å². The van der Waals surface area contributed by atoms with Gasteiger partial charge in [-0.2, -0.15) is 0 Å². The molecule has 1 aliphatic rings. The number of hydrogen-bond acceptors (Lipinski definition) is 1. The third-order valence-corrected chi connectivity index (χ3v) is 5.83. The topological polar surface area (TPSA) is 9.23 Å². The van der Waals surface area contributed by atoms with E-state index in [0.717, 1.165) is 24.0 Å². The zero-order chi connectivity index (χ0) is 15.5. The molecule has 0 amide bonds. The van der Waals surface area contributed by atoms with Crippen molar-refractivity contribution in [3.05, 3.63) is 29.8 Å². The van der Waals surface area contributed by atoms with Gasteiger partial charge in [0.2, 0.25) is 0 Å². The Hall–Kier alpha value is -0.690. The zero-order valence-electron chi connectivity index (χ0n) is 13.9. The molecule has 0 saturated heterocycles. The Labute approximate surface area is 135 Å². The molecule has 0 bridgehead atoms. The van der Waals surface area contributed by atoms with Gasteiger partial charge in [0.05, 0.1) is 7.11 Å². The van der Waals surface area contributed by atoms with Gasteiger partial charge < -0.3 is 4.74 Å². The highest BCUT2D eigenvalue weighted by Gasteiger charge is 2.38. The van der Waals surface area contributed by atoms with E-state index in [2.05, 4.69) is 39.0 Å². The van der Waals surface area contributed by atoms with Crippen molar-refractivity contribution in [2.24, 2.45) is 16.7 Å². The molecule has 2 heteroatoms. The Balaban J connectivity index is 2.06. The van der Waals surface area contributed by atoms with Crippen LogP contribution in [0.5, 0.6) is 5.75 Å². The molecule has 1 saturated carbocycles.